The Bertz CT molecular complexity index is 598. The van der Waals surface area contributed by atoms with Gasteiger partial charge in [0.1, 0.15) is 16.9 Å². The second kappa shape index (κ2) is 4.75. The average Bonchev–Trinajstić information content (AvgIpc) is 3.05. The number of pyridine rings is 1. The Morgan fingerprint density at radius 2 is 2.39 bits per heavy atom. The van der Waals surface area contributed by atoms with E-state index in [1.807, 2.05) is 11.4 Å². The zero-order valence-electron chi connectivity index (χ0n) is 9.81. The Hall–Kier alpha value is -1.93. The molecule has 0 atom stereocenters. The second-order valence-electron chi connectivity index (χ2n) is 4.24. The quantitative estimate of drug-likeness (QED) is 0.916. The van der Waals surface area contributed by atoms with Gasteiger partial charge in [0.25, 0.3) is 0 Å². The van der Waals surface area contributed by atoms with Crippen molar-refractivity contribution in [1.29, 1.82) is 5.26 Å². The van der Waals surface area contributed by atoms with E-state index in [9.17, 15) is 0 Å². The fraction of sp³-hybridized carbons (Fsp3) is 0.308. The largest absolute Gasteiger partial charge is 0.362 e. The molecule has 18 heavy (non-hydrogen) atoms. The lowest BCUT2D eigenvalue weighted by atomic mass is 10.1. The number of aromatic nitrogens is 2. The Labute approximate surface area is 109 Å². The van der Waals surface area contributed by atoms with Crippen molar-refractivity contribution in [3.8, 4) is 6.07 Å². The molecule has 2 heterocycles. The van der Waals surface area contributed by atoms with Gasteiger partial charge in [-0.15, -0.1) is 11.3 Å². The third-order valence-electron chi connectivity index (χ3n) is 3.06. The molecule has 1 aliphatic carbocycles. The summed E-state index contributed by atoms with van der Waals surface area (Å²) >= 11 is 1.60. The van der Waals surface area contributed by atoms with Crippen LogP contribution in [0.2, 0.25) is 0 Å². The highest BCUT2D eigenvalue weighted by Crippen LogP contribution is 2.25. The number of hydrogen-bond acceptors (Lipinski definition) is 5. The molecule has 0 aliphatic heterocycles. The van der Waals surface area contributed by atoms with Crippen molar-refractivity contribution < 1.29 is 0 Å². The lowest BCUT2D eigenvalue weighted by Crippen LogP contribution is -2.05. The van der Waals surface area contributed by atoms with Gasteiger partial charge in [0.05, 0.1) is 12.1 Å². The van der Waals surface area contributed by atoms with Gasteiger partial charge < -0.3 is 5.32 Å². The number of rotatable bonds is 3. The lowest BCUT2D eigenvalue weighted by Gasteiger charge is -2.08. The smallest absolute Gasteiger partial charge is 0.144 e. The predicted octanol–water partition coefficient (Wildman–Crippen LogP) is 2.51. The Morgan fingerprint density at radius 3 is 3.17 bits per heavy atom. The Balaban J connectivity index is 1.85. The zero-order valence-corrected chi connectivity index (χ0v) is 10.6. The molecule has 0 amide bonds. The zero-order chi connectivity index (χ0) is 12.4. The fourth-order valence-electron chi connectivity index (χ4n) is 2.19. The number of nitrogens with one attached hydrogen (secondary N) is 1. The molecule has 0 radical (unpaired) electrons. The molecular formula is C13H12N4S. The topological polar surface area (TPSA) is 61.6 Å². The maximum Gasteiger partial charge on any atom is 0.144 e. The van der Waals surface area contributed by atoms with Crippen LogP contribution in [0.3, 0.4) is 0 Å². The first kappa shape index (κ1) is 11.2. The van der Waals surface area contributed by atoms with Gasteiger partial charge in [-0.05, 0) is 30.9 Å². The highest BCUT2D eigenvalue weighted by molar-refractivity contribution is 7.09. The van der Waals surface area contributed by atoms with E-state index in [0.29, 0.717) is 17.9 Å². The number of aryl methyl sites for hydroxylation is 2. The van der Waals surface area contributed by atoms with Gasteiger partial charge >= 0.3 is 0 Å². The SMILES string of the molecule is N#Cc1cc2c(nc1NCc1nccs1)CCC2. The molecule has 3 rings (SSSR count). The Kier molecular flexibility index (Phi) is 2.95. The van der Waals surface area contributed by atoms with Gasteiger partial charge in [-0.3, -0.25) is 0 Å². The number of fused-ring (bicyclic) bond motifs is 1. The monoisotopic (exact) mass is 256 g/mol. The molecule has 1 aliphatic rings. The van der Waals surface area contributed by atoms with E-state index >= 15 is 0 Å². The van der Waals surface area contributed by atoms with Crippen molar-refractivity contribution in [2.45, 2.75) is 25.8 Å². The average molecular weight is 256 g/mol. The molecule has 90 valence electrons. The van der Waals surface area contributed by atoms with Crippen LogP contribution < -0.4 is 5.32 Å². The van der Waals surface area contributed by atoms with E-state index < -0.39 is 0 Å². The van der Waals surface area contributed by atoms with Gasteiger partial charge in [-0.25, -0.2) is 9.97 Å². The summed E-state index contributed by atoms with van der Waals surface area (Å²) in [5.41, 5.74) is 2.99. The van der Waals surface area contributed by atoms with Gasteiger partial charge in [-0.2, -0.15) is 5.26 Å². The first-order chi connectivity index (χ1) is 8.86. The summed E-state index contributed by atoms with van der Waals surface area (Å²) in [6.45, 7) is 0.623. The highest BCUT2D eigenvalue weighted by atomic mass is 32.1. The van der Waals surface area contributed by atoms with Crippen molar-refractivity contribution in [3.05, 3.63) is 39.5 Å². The van der Waals surface area contributed by atoms with Crippen molar-refractivity contribution in [1.82, 2.24) is 9.97 Å². The Morgan fingerprint density at radius 1 is 1.44 bits per heavy atom. The molecule has 0 unspecified atom stereocenters. The third kappa shape index (κ3) is 2.07. The summed E-state index contributed by atoms with van der Waals surface area (Å²) in [6, 6.07) is 4.19. The minimum Gasteiger partial charge on any atom is -0.362 e. The van der Waals surface area contributed by atoms with E-state index in [2.05, 4.69) is 21.4 Å². The van der Waals surface area contributed by atoms with Crippen LogP contribution in [0, 0.1) is 11.3 Å². The van der Waals surface area contributed by atoms with Crippen LogP contribution in [0.15, 0.2) is 17.6 Å². The maximum atomic E-state index is 9.16. The number of hydrogen-bond donors (Lipinski definition) is 1. The molecule has 0 fully saturated rings. The second-order valence-corrected chi connectivity index (χ2v) is 5.21. The molecule has 1 N–H and O–H groups in total. The molecule has 5 heteroatoms. The number of anilines is 1. The summed E-state index contributed by atoms with van der Waals surface area (Å²) in [7, 11) is 0. The number of nitriles is 1. The third-order valence-corrected chi connectivity index (χ3v) is 3.84. The number of nitrogens with zero attached hydrogens (tertiary/aromatic N) is 3. The predicted molar refractivity (Wildman–Crippen MR) is 70.4 cm³/mol. The van der Waals surface area contributed by atoms with Crippen LogP contribution in [-0.2, 0) is 19.4 Å². The number of thiazole rings is 1. The van der Waals surface area contributed by atoms with E-state index in [1.54, 1.807) is 17.5 Å². The van der Waals surface area contributed by atoms with E-state index in [-0.39, 0.29) is 0 Å². The van der Waals surface area contributed by atoms with Crippen LogP contribution in [0.25, 0.3) is 0 Å². The molecule has 0 saturated heterocycles. The van der Waals surface area contributed by atoms with Crippen molar-refractivity contribution in [2.24, 2.45) is 0 Å². The van der Waals surface area contributed by atoms with Crippen molar-refractivity contribution in [3.63, 3.8) is 0 Å². The molecule has 0 aromatic carbocycles. The van der Waals surface area contributed by atoms with E-state index in [4.69, 9.17) is 5.26 Å². The van der Waals surface area contributed by atoms with E-state index in [0.717, 1.165) is 30.0 Å². The molecule has 0 bridgehead atoms. The standard InChI is InChI=1S/C13H12N4S/c14-7-10-6-9-2-1-3-11(9)17-13(10)16-8-12-15-4-5-18-12/h4-6H,1-3,8H2,(H,16,17). The molecule has 4 nitrogen and oxygen atoms in total. The molecule has 0 saturated carbocycles. The fourth-order valence-corrected chi connectivity index (χ4v) is 2.75. The minimum atomic E-state index is 0.623. The van der Waals surface area contributed by atoms with Crippen LogP contribution in [0.5, 0.6) is 0 Å². The maximum absolute atomic E-state index is 9.16. The summed E-state index contributed by atoms with van der Waals surface area (Å²) in [5, 5.41) is 15.3. The van der Waals surface area contributed by atoms with Crippen molar-refractivity contribution >= 4 is 17.2 Å². The van der Waals surface area contributed by atoms with Crippen LogP contribution in [0.1, 0.15) is 28.2 Å². The first-order valence-electron chi connectivity index (χ1n) is 5.92. The van der Waals surface area contributed by atoms with Crippen molar-refractivity contribution in [2.75, 3.05) is 5.32 Å². The van der Waals surface area contributed by atoms with Crippen LogP contribution in [-0.4, -0.2) is 9.97 Å². The molecular weight excluding hydrogens is 244 g/mol. The lowest BCUT2D eigenvalue weighted by molar-refractivity contribution is 0.899. The normalized spacial score (nSPS) is 13.1. The molecule has 2 aromatic heterocycles. The van der Waals surface area contributed by atoms with Crippen LogP contribution in [0.4, 0.5) is 5.82 Å². The van der Waals surface area contributed by atoms with Gasteiger partial charge in [-0.1, -0.05) is 0 Å². The summed E-state index contributed by atoms with van der Waals surface area (Å²) < 4.78 is 0. The summed E-state index contributed by atoms with van der Waals surface area (Å²) in [6.07, 6.45) is 4.99. The summed E-state index contributed by atoms with van der Waals surface area (Å²) in [4.78, 5) is 8.77. The highest BCUT2D eigenvalue weighted by Gasteiger charge is 2.16. The molecule has 0 spiro atoms. The van der Waals surface area contributed by atoms with E-state index in [1.165, 1.54) is 5.56 Å². The van der Waals surface area contributed by atoms with Gasteiger partial charge in [0, 0.05) is 17.3 Å². The van der Waals surface area contributed by atoms with Gasteiger partial charge in [0.15, 0.2) is 0 Å². The van der Waals surface area contributed by atoms with Crippen LogP contribution >= 0.6 is 11.3 Å². The molecule has 2 aromatic rings. The van der Waals surface area contributed by atoms with Gasteiger partial charge in [0.2, 0.25) is 0 Å². The summed E-state index contributed by atoms with van der Waals surface area (Å²) in [5.74, 6) is 0.688. The first-order valence-corrected chi connectivity index (χ1v) is 6.80. The minimum absolute atomic E-state index is 0.623.